The number of hydrogen-bond donors (Lipinski definition) is 1. The quantitative estimate of drug-likeness (QED) is 0.698. The molecule has 1 amide bonds. The molecule has 0 unspecified atom stereocenters. The molecule has 1 aromatic heterocycles. The normalized spacial score (nSPS) is 11.6. The molecule has 0 spiro atoms. The molecule has 0 atom stereocenters. The predicted octanol–water partition coefficient (Wildman–Crippen LogP) is 4.33. The number of furan rings is 1. The summed E-state index contributed by atoms with van der Waals surface area (Å²) in [6.07, 6.45) is 0. The first-order valence-corrected chi connectivity index (χ1v) is 9.12. The van der Waals surface area contributed by atoms with E-state index in [9.17, 15) is 26.4 Å². The monoisotopic (exact) mass is 395 g/mol. The number of carbonyl (C=O) groups excluding carboxylic acids is 1. The summed E-state index contributed by atoms with van der Waals surface area (Å²) in [6.45, 7) is 0. The van der Waals surface area contributed by atoms with Crippen molar-refractivity contribution in [1.82, 2.24) is 0 Å². The van der Waals surface area contributed by atoms with Crippen LogP contribution in [0.25, 0.3) is 11.3 Å². The summed E-state index contributed by atoms with van der Waals surface area (Å²) in [6, 6.07) is 13.0. The molecule has 0 fully saturated rings. The van der Waals surface area contributed by atoms with Crippen molar-refractivity contribution in [2.24, 2.45) is 0 Å². The Morgan fingerprint density at radius 3 is 2.26 bits per heavy atom. The number of alkyl halides is 2. The van der Waals surface area contributed by atoms with Crippen molar-refractivity contribution < 1.29 is 30.8 Å². The number of hydrogen-bond acceptors (Lipinski definition) is 4. The van der Waals surface area contributed by atoms with Crippen LogP contribution in [0.5, 0.6) is 0 Å². The van der Waals surface area contributed by atoms with Gasteiger partial charge in [0.2, 0.25) is 9.84 Å². The van der Waals surface area contributed by atoms with E-state index >= 15 is 0 Å². The van der Waals surface area contributed by atoms with Gasteiger partial charge in [0.05, 0.1) is 10.5 Å². The Morgan fingerprint density at radius 2 is 1.63 bits per heavy atom. The number of anilines is 1. The number of benzene rings is 2. The van der Waals surface area contributed by atoms with Crippen molar-refractivity contribution in [3.05, 3.63) is 72.2 Å². The Bertz CT molecular complexity index is 1080. The second-order valence-corrected chi connectivity index (χ2v) is 7.35. The van der Waals surface area contributed by atoms with Crippen molar-refractivity contribution in [3.63, 3.8) is 0 Å². The maximum Gasteiger partial charge on any atom is 0.341 e. The first-order valence-electron chi connectivity index (χ1n) is 7.57. The highest BCUT2D eigenvalue weighted by Gasteiger charge is 2.26. The lowest BCUT2D eigenvalue weighted by Crippen LogP contribution is -2.13. The first-order chi connectivity index (χ1) is 12.8. The fraction of sp³-hybridized carbons (Fsp3) is 0.0556. The van der Waals surface area contributed by atoms with E-state index in [0.29, 0.717) is 0 Å². The minimum Gasteiger partial charge on any atom is -0.451 e. The van der Waals surface area contributed by atoms with Gasteiger partial charge in [0, 0.05) is 5.69 Å². The third-order valence-corrected chi connectivity index (χ3v) is 5.04. The molecule has 9 heteroatoms. The summed E-state index contributed by atoms with van der Waals surface area (Å²) in [5, 5.41) is 2.44. The Kier molecular flexibility index (Phi) is 5.04. The molecule has 0 aliphatic rings. The van der Waals surface area contributed by atoms with Gasteiger partial charge in [0.25, 0.3) is 5.91 Å². The second-order valence-electron chi connectivity index (χ2n) is 5.43. The zero-order valence-corrected chi connectivity index (χ0v) is 14.3. The highest BCUT2D eigenvalue weighted by Crippen LogP contribution is 2.25. The molecule has 1 heterocycles. The van der Waals surface area contributed by atoms with E-state index in [-0.39, 0.29) is 22.8 Å². The predicted molar refractivity (Wildman–Crippen MR) is 91.7 cm³/mol. The highest BCUT2D eigenvalue weighted by molar-refractivity contribution is 7.91. The summed E-state index contributed by atoms with van der Waals surface area (Å²) in [7, 11) is -4.71. The molecule has 0 saturated carbocycles. The topological polar surface area (TPSA) is 76.4 Å². The molecule has 0 saturated heterocycles. The Labute approximate surface area is 152 Å². The molecule has 27 heavy (non-hydrogen) atoms. The van der Waals surface area contributed by atoms with E-state index in [1.165, 1.54) is 42.5 Å². The van der Waals surface area contributed by atoms with Crippen molar-refractivity contribution in [2.75, 3.05) is 5.32 Å². The number of halogens is 3. The highest BCUT2D eigenvalue weighted by atomic mass is 32.2. The van der Waals surface area contributed by atoms with Gasteiger partial charge < -0.3 is 9.73 Å². The second kappa shape index (κ2) is 7.28. The first kappa shape index (κ1) is 18.7. The van der Waals surface area contributed by atoms with Gasteiger partial charge in [-0.1, -0.05) is 12.1 Å². The number of rotatable bonds is 5. The molecule has 0 bridgehead atoms. The minimum absolute atomic E-state index is 0.0995. The molecule has 5 nitrogen and oxygen atoms in total. The van der Waals surface area contributed by atoms with Crippen LogP contribution in [0.15, 0.2) is 70.0 Å². The van der Waals surface area contributed by atoms with Crippen LogP contribution in [0, 0.1) is 5.82 Å². The molecular weight excluding hydrogens is 383 g/mol. The lowest BCUT2D eigenvalue weighted by atomic mass is 10.1. The number of amides is 1. The molecule has 1 N–H and O–H groups in total. The van der Waals surface area contributed by atoms with Gasteiger partial charge in [0.1, 0.15) is 11.6 Å². The molecular formula is C18H12F3NO4S. The van der Waals surface area contributed by atoms with Crippen LogP contribution >= 0.6 is 0 Å². The summed E-state index contributed by atoms with van der Waals surface area (Å²) in [5.41, 5.74) is 0.371. The number of carbonyl (C=O) groups is 1. The van der Waals surface area contributed by atoms with E-state index in [1.54, 1.807) is 6.07 Å². The fourth-order valence-corrected chi connectivity index (χ4v) is 3.01. The fourth-order valence-electron chi connectivity index (χ4n) is 2.29. The molecule has 3 rings (SSSR count). The largest absolute Gasteiger partial charge is 0.451 e. The van der Waals surface area contributed by atoms with Crippen LogP contribution in [-0.2, 0) is 9.84 Å². The standard InChI is InChI=1S/C18H12F3NO4S/c19-14-4-2-1-3-13(14)15-9-10-16(26-15)17(23)22-11-5-7-12(8-6-11)27(24,25)18(20)21/h1-10,18H,(H,22,23). The third-order valence-electron chi connectivity index (χ3n) is 3.64. The zero-order valence-electron chi connectivity index (χ0n) is 13.5. The SMILES string of the molecule is O=C(Nc1ccc(S(=O)(=O)C(F)F)cc1)c1ccc(-c2ccccc2F)o1. The van der Waals surface area contributed by atoms with Crippen LogP contribution < -0.4 is 5.32 Å². The maximum absolute atomic E-state index is 13.8. The van der Waals surface area contributed by atoms with Crippen LogP contribution in [0.1, 0.15) is 10.6 Å². The summed E-state index contributed by atoms with van der Waals surface area (Å²) in [4.78, 5) is 11.6. The van der Waals surface area contributed by atoms with Crippen LogP contribution in [0.3, 0.4) is 0 Å². The summed E-state index contributed by atoms with van der Waals surface area (Å²) in [5.74, 6) is -4.64. The van der Waals surface area contributed by atoms with Crippen LogP contribution in [0.2, 0.25) is 0 Å². The van der Waals surface area contributed by atoms with Crippen molar-refractivity contribution in [2.45, 2.75) is 10.7 Å². The Hall–Kier alpha value is -3.07. The van der Waals surface area contributed by atoms with Crippen molar-refractivity contribution >= 4 is 21.4 Å². The summed E-state index contributed by atoms with van der Waals surface area (Å²) >= 11 is 0. The molecule has 0 aliphatic heterocycles. The Morgan fingerprint density at radius 1 is 0.963 bits per heavy atom. The number of sulfone groups is 1. The van der Waals surface area contributed by atoms with Gasteiger partial charge in [-0.3, -0.25) is 4.79 Å². The minimum atomic E-state index is -4.71. The average Bonchev–Trinajstić information content (AvgIpc) is 3.12. The van der Waals surface area contributed by atoms with E-state index in [0.717, 1.165) is 12.1 Å². The van der Waals surface area contributed by atoms with E-state index < -0.39 is 32.2 Å². The number of nitrogens with one attached hydrogen (secondary N) is 1. The van der Waals surface area contributed by atoms with E-state index in [4.69, 9.17) is 4.42 Å². The van der Waals surface area contributed by atoms with Gasteiger partial charge in [-0.25, -0.2) is 12.8 Å². The zero-order chi connectivity index (χ0) is 19.6. The molecule has 0 aliphatic carbocycles. The van der Waals surface area contributed by atoms with Gasteiger partial charge in [-0.2, -0.15) is 8.78 Å². The smallest absolute Gasteiger partial charge is 0.341 e. The van der Waals surface area contributed by atoms with Gasteiger partial charge in [-0.15, -0.1) is 0 Å². The van der Waals surface area contributed by atoms with Gasteiger partial charge >= 0.3 is 5.76 Å². The van der Waals surface area contributed by atoms with Gasteiger partial charge in [-0.05, 0) is 48.5 Å². The Balaban J connectivity index is 1.76. The molecule has 3 aromatic rings. The summed E-state index contributed by atoms with van der Waals surface area (Å²) < 4.78 is 66.9. The lowest BCUT2D eigenvalue weighted by Gasteiger charge is -2.06. The molecule has 140 valence electrons. The van der Waals surface area contributed by atoms with E-state index in [2.05, 4.69) is 5.32 Å². The lowest BCUT2D eigenvalue weighted by molar-refractivity contribution is 0.0997. The van der Waals surface area contributed by atoms with Gasteiger partial charge in [0.15, 0.2) is 5.76 Å². The molecule has 0 radical (unpaired) electrons. The van der Waals surface area contributed by atoms with E-state index in [1.807, 2.05) is 0 Å². The third kappa shape index (κ3) is 3.87. The van der Waals surface area contributed by atoms with Crippen molar-refractivity contribution in [3.8, 4) is 11.3 Å². The van der Waals surface area contributed by atoms with Crippen LogP contribution in [-0.4, -0.2) is 20.1 Å². The van der Waals surface area contributed by atoms with Crippen molar-refractivity contribution in [1.29, 1.82) is 0 Å². The maximum atomic E-state index is 13.8. The average molecular weight is 395 g/mol. The van der Waals surface area contributed by atoms with Crippen LogP contribution in [0.4, 0.5) is 18.9 Å². The molecule has 2 aromatic carbocycles.